The van der Waals surface area contributed by atoms with E-state index in [2.05, 4.69) is 15.3 Å². The Bertz CT molecular complexity index is 595. The lowest BCUT2D eigenvalue weighted by atomic mass is 9.91. The smallest absolute Gasteiger partial charge is 0.312 e. The Labute approximate surface area is 124 Å². The van der Waals surface area contributed by atoms with E-state index in [1.54, 1.807) is 22.7 Å². The Balaban J connectivity index is 1.65. The van der Waals surface area contributed by atoms with Gasteiger partial charge in [0.2, 0.25) is 0 Å². The van der Waals surface area contributed by atoms with Crippen molar-refractivity contribution in [1.29, 1.82) is 0 Å². The number of nitrogens with one attached hydrogen (secondary N) is 1. The molecule has 5 nitrogen and oxygen atoms in total. The molecule has 0 aromatic carbocycles. The number of hydrogen-bond donors (Lipinski definition) is 2. The summed E-state index contributed by atoms with van der Waals surface area (Å²) >= 11 is 3.18. The van der Waals surface area contributed by atoms with E-state index in [4.69, 9.17) is 0 Å². The first-order valence-corrected chi connectivity index (χ1v) is 8.33. The van der Waals surface area contributed by atoms with Crippen molar-refractivity contribution >= 4 is 33.8 Å². The van der Waals surface area contributed by atoms with Gasteiger partial charge in [-0.15, -0.1) is 22.7 Å². The van der Waals surface area contributed by atoms with Crippen LogP contribution in [0, 0.1) is 0 Å². The third-order valence-electron chi connectivity index (χ3n) is 3.39. The fourth-order valence-electron chi connectivity index (χ4n) is 2.39. The van der Waals surface area contributed by atoms with E-state index in [0.29, 0.717) is 6.42 Å². The molecule has 2 N–H and O–H groups in total. The first kappa shape index (κ1) is 13.5. The number of carbonyl (C=O) groups is 1. The lowest BCUT2D eigenvalue weighted by Crippen LogP contribution is -2.17. The Morgan fingerprint density at radius 3 is 3.20 bits per heavy atom. The Hall–Kier alpha value is -1.47. The summed E-state index contributed by atoms with van der Waals surface area (Å²) in [7, 11) is 0. The van der Waals surface area contributed by atoms with Crippen LogP contribution in [0.1, 0.15) is 35.0 Å². The molecule has 0 spiro atoms. The van der Waals surface area contributed by atoms with Crippen molar-refractivity contribution in [2.45, 2.75) is 31.6 Å². The molecule has 0 saturated heterocycles. The van der Waals surface area contributed by atoms with Gasteiger partial charge >= 0.3 is 5.97 Å². The average Bonchev–Trinajstić information content (AvgIpc) is 3.06. The second-order valence-corrected chi connectivity index (χ2v) is 6.57. The summed E-state index contributed by atoms with van der Waals surface area (Å²) in [5.74, 6) is -1.19. The van der Waals surface area contributed by atoms with Crippen molar-refractivity contribution < 1.29 is 9.90 Å². The van der Waals surface area contributed by atoms with Gasteiger partial charge in [0.1, 0.15) is 5.92 Å². The van der Waals surface area contributed by atoms with Crippen LogP contribution in [0.25, 0.3) is 0 Å². The van der Waals surface area contributed by atoms with E-state index in [9.17, 15) is 9.90 Å². The number of carboxylic acids is 1. The molecule has 1 aliphatic carbocycles. The molecule has 0 bridgehead atoms. The number of aromatic nitrogens is 2. The highest BCUT2D eigenvalue weighted by atomic mass is 32.1. The third-order valence-corrected chi connectivity index (χ3v) is 5.12. The molecule has 2 aromatic rings. The molecule has 0 saturated carbocycles. The highest BCUT2D eigenvalue weighted by molar-refractivity contribution is 7.15. The minimum atomic E-state index is -0.759. The predicted octanol–water partition coefficient (Wildman–Crippen LogP) is 2.76. The molecular formula is C13H15N3O2S2. The van der Waals surface area contributed by atoms with Gasteiger partial charge in [0.15, 0.2) is 5.13 Å². The molecule has 2 heterocycles. The fourth-order valence-corrected chi connectivity index (χ4v) is 4.08. The molecule has 106 valence electrons. The number of fused-ring (bicyclic) bond motifs is 1. The van der Waals surface area contributed by atoms with E-state index in [-0.39, 0.29) is 0 Å². The lowest BCUT2D eigenvalue weighted by molar-refractivity contribution is -0.139. The Morgan fingerprint density at radius 2 is 2.45 bits per heavy atom. The minimum Gasteiger partial charge on any atom is -0.481 e. The quantitative estimate of drug-likeness (QED) is 0.888. The molecule has 1 atom stereocenters. The standard InChI is InChI=1S/C13H15N3O2S2/c17-12(18)9-2-1-3-10-11(9)16-13(20-10)14-5-4-8-6-19-7-15-8/h6-7,9H,1-5H2,(H,14,16)(H,17,18). The van der Waals surface area contributed by atoms with Crippen LogP contribution in [-0.4, -0.2) is 27.6 Å². The maximum absolute atomic E-state index is 11.2. The van der Waals surface area contributed by atoms with Crippen LogP contribution in [0.5, 0.6) is 0 Å². The zero-order valence-electron chi connectivity index (χ0n) is 10.8. The van der Waals surface area contributed by atoms with Crippen LogP contribution in [0.3, 0.4) is 0 Å². The summed E-state index contributed by atoms with van der Waals surface area (Å²) in [4.78, 5) is 21.1. The first-order valence-electron chi connectivity index (χ1n) is 6.57. The topological polar surface area (TPSA) is 75.1 Å². The molecule has 0 radical (unpaired) electrons. The molecule has 20 heavy (non-hydrogen) atoms. The number of nitrogens with zero attached hydrogens (tertiary/aromatic N) is 2. The summed E-state index contributed by atoms with van der Waals surface area (Å²) in [6, 6.07) is 0. The van der Waals surface area contributed by atoms with Crippen molar-refractivity contribution in [2.75, 3.05) is 11.9 Å². The molecule has 0 aliphatic heterocycles. The van der Waals surface area contributed by atoms with Crippen molar-refractivity contribution in [3.05, 3.63) is 27.2 Å². The number of anilines is 1. The average molecular weight is 309 g/mol. The zero-order valence-corrected chi connectivity index (χ0v) is 12.5. The van der Waals surface area contributed by atoms with E-state index >= 15 is 0 Å². The van der Waals surface area contributed by atoms with Gasteiger partial charge in [0, 0.05) is 23.2 Å². The summed E-state index contributed by atoms with van der Waals surface area (Å²) in [6.45, 7) is 0.772. The molecular weight excluding hydrogens is 294 g/mol. The number of rotatable bonds is 5. The van der Waals surface area contributed by atoms with Crippen molar-refractivity contribution in [3.8, 4) is 0 Å². The van der Waals surface area contributed by atoms with Gasteiger partial charge in [-0.2, -0.15) is 0 Å². The van der Waals surface area contributed by atoms with Gasteiger partial charge in [-0.3, -0.25) is 4.79 Å². The monoisotopic (exact) mass is 309 g/mol. The number of aliphatic carboxylic acids is 1. The second kappa shape index (κ2) is 5.88. The molecule has 0 fully saturated rings. The molecule has 0 amide bonds. The fraction of sp³-hybridized carbons (Fsp3) is 0.462. The summed E-state index contributed by atoms with van der Waals surface area (Å²) in [5, 5.41) is 15.4. The number of carboxylic acid groups (broad SMARTS) is 1. The van der Waals surface area contributed by atoms with Crippen LogP contribution >= 0.6 is 22.7 Å². The largest absolute Gasteiger partial charge is 0.481 e. The SMILES string of the molecule is O=C(O)C1CCCc2sc(NCCc3cscn3)nc21. The highest BCUT2D eigenvalue weighted by Gasteiger charge is 2.29. The van der Waals surface area contributed by atoms with E-state index in [0.717, 1.165) is 47.2 Å². The Morgan fingerprint density at radius 1 is 1.55 bits per heavy atom. The maximum Gasteiger partial charge on any atom is 0.312 e. The van der Waals surface area contributed by atoms with Crippen molar-refractivity contribution in [3.63, 3.8) is 0 Å². The molecule has 7 heteroatoms. The van der Waals surface area contributed by atoms with Gasteiger partial charge < -0.3 is 10.4 Å². The van der Waals surface area contributed by atoms with Crippen LogP contribution in [0.15, 0.2) is 10.9 Å². The van der Waals surface area contributed by atoms with E-state index in [1.807, 2.05) is 10.9 Å². The first-order chi connectivity index (χ1) is 9.74. The van der Waals surface area contributed by atoms with Crippen molar-refractivity contribution in [1.82, 2.24) is 9.97 Å². The summed E-state index contributed by atoms with van der Waals surface area (Å²) in [6.07, 6.45) is 3.44. The van der Waals surface area contributed by atoms with Crippen molar-refractivity contribution in [2.24, 2.45) is 0 Å². The van der Waals surface area contributed by atoms with E-state index in [1.165, 1.54) is 0 Å². The second-order valence-electron chi connectivity index (χ2n) is 4.77. The van der Waals surface area contributed by atoms with Gasteiger partial charge in [0.05, 0.1) is 16.9 Å². The van der Waals surface area contributed by atoms with Gasteiger partial charge in [-0.05, 0) is 19.3 Å². The van der Waals surface area contributed by atoms with Crippen LogP contribution in [-0.2, 0) is 17.6 Å². The van der Waals surface area contributed by atoms with Gasteiger partial charge in [-0.25, -0.2) is 9.97 Å². The van der Waals surface area contributed by atoms with E-state index < -0.39 is 11.9 Å². The number of hydrogen-bond acceptors (Lipinski definition) is 6. The van der Waals surface area contributed by atoms with Gasteiger partial charge in [0.25, 0.3) is 0 Å². The predicted molar refractivity (Wildman–Crippen MR) is 79.7 cm³/mol. The normalized spacial score (nSPS) is 17.7. The van der Waals surface area contributed by atoms with Crippen LogP contribution < -0.4 is 5.32 Å². The minimum absolute atomic E-state index is 0.427. The molecule has 1 aliphatic rings. The molecule has 1 unspecified atom stereocenters. The Kier molecular flexibility index (Phi) is 3.98. The highest BCUT2D eigenvalue weighted by Crippen LogP contribution is 2.36. The summed E-state index contributed by atoms with van der Waals surface area (Å²) in [5.41, 5.74) is 3.67. The maximum atomic E-state index is 11.2. The van der Waals surface area contributed by atoms with Gasteiger partial charge in [-0.1, -0.05) is 0 Å². The lowest BCUT2D eigenvalue weighted by Gasteiger charge is -2.16. The number of aryl methyl sites for hydroxylation is 1. The molecule has 2 aromatic heterocycles. The summed E-state index contributed by atoms with van der Waals surface area (Å²) < 4.78 is 0. The number of thiazole rings is 2. The van der Waals surface area contributed by atoms with Crippen LogP contribution in [0.4, 0.5) is 5.13 Å². The zero-order chi connectivity index (χ0) is 13.9. The third kappa shape index (κ3) is 2.83. The van der Waals surface area contributed by atoms with Crippen LogP contribution in [0.2, 0.25) is 0 Å². The molecule has 3 rings (SSSR count).